The first-order valence-corrected chi connectivity index (χ1v) is 7.26. The highest BCUT2D eigenvalue weighted by Crippen LogP contribution is 2.32. The van der Waals surface area contributed by atoms with E-state index in [0.29, 0.717) is 6.04 Å². The monoisotopic (exact) mass is 311 g/mol. The molecule has 0 bridgehead atoms. The third-order valence-electron chi connectivity index (χ3n) is 3.89. The van der Waals surface area contributed by atoms with Gasteiger partial charge in [-0.3, -0.25) is 4.90 Å². The molecule has 3 heterocycles. The first-order chi connectivity index (χ1) is 8.79. The number of nitrogens with one attached hydrogen (secondary N) is 1. The summed E-state index contributed by atoms with van der Waals surface area (Å²) >= 11 is 3.61. The molecule has 0 amide bonds. The van der Waals surface area contributed by atoms with Gasteiger partial charge >= 0.3 is 0 Å². The largest absolute Gasteiger partial charge is 0.372 e. The molecule has 0 saturated carbocycles. The maximum absolute atomic E-state index is 4.43. The van der Waals surface area contributed by atoms with Crippen molar-refractivity contribution >= 4 is 27.6 Å². The molecular formula is C12H18BrN5. The van der Waals surface area contributed by atoms with Crippen LogP contribution in [0.1, 0.15) is 12.8 Å². The second-order valence-corrected chi connectivity index (χ2v) is 5.68. The first kappa shape index (κ1) is 12.2. The Morgan fingerprint density at radius 2 is 2.22 bits per heavy atom. The molecule has 1 unspecified atom stereocenters. The standard InChI is InChI=1S/C12H18BrN5/c1-14-11-10(13)12(16-8-15-11)18-6-5-17-4-2-3-9(17)7-18/h8-9H,2-7H2,1H3,(H,14,15,16). The Bertz CT molecular complexity index is 438. The summed E-state index contributed by atoms with van der Waals surface area (Å²) in [6, 6.07) is 0.707. The van der Waals surface area contributed by atoms with Crippen LogP contribution in [0.2, 0.25) is 0 Å². The van der Waals surface area contributed by atoms with Crippen LogP contribution in [0.4, 0.5) is 11.6 Å². The number of piperazine rings is 1. The Morgan fingerprint density at radius 1 is 1.33 bits per heavy atom. The van der Waals surface area contributed by atoms with Crippen molar-refractivity contribution in [2.45, 2.75) is 18.9 Å². The van der Waals surface area contributed by atoms with E-state index in [1.165, 1.54) is 19.4 Å². The Balaban J connectivity index is 1.82. The van der Waals surface area contributed by atoms with Gasteiger partial charge in [0.2, 0.25) is 0 Å². The number of anilines is 2. The van der Waals surface area contributed by atoms with E-state index >= 15 is 0 Å². The van der Waals surface area contributed by atoms with Crippen LogP contribution in [0, 0.1) is 0 Å². The summed E-state index contributed by atoms with van der Waals surface area (Å²) < 4.78 is 0.971. The van der Waals surface area contributed by atoms with Gasteiger partial charge in [-0.25, -0.2) is 9.97 Å². The van der Waals surface area contributed by atoms with E-state index in [-0.39, 0.29) is 0 Å². The van der Waals surface area contributed by atoms with Crippen LogP contribution in [0.25, 0.3) is 0 Å². The molecular weight excluding hydrogens is 294 g/mol. The van der Waals surface area contributed by atoms with Gasteiger partial charge in [0.05, 0.1) is 0 Å². The molecule has 0 aromatic carbocycles. The van der Waals surface area contributed by atoms with Crippen molar-refractivity contribution in [3.8, 4) is 0 Å². The first-order valence-electron chi connectivity index (χ1n) is 6.47. The van der Waals surface area contributed by atoms with Crippen molar-refractivity contribution < 1.29 is 0 Å². The quantitative estimate of drug-likeness (QED) is 0.898. The van der Waals surface area contributed by atoms with Crippen LogP contribution in [-0.2, 0) is 0 Å². The van der Waals surface area contributed by atoms with Crippen LogP contribution in [0.15, 0.2) is 10.8 Å². The van der Waals surface area contributed by atoms with Crippen LogP contribution < -0.4 is 10.2 Å². The topological polar surface area (TPSA) is 44.3 Å². The van der Waals surface area contributed by atoms with E-state index in [9.17, 15) is 0 Å². The van der Waals surface area contributed by atoms with E-state index in [4.69, 9.17) is 0 Å². The summed E-state index contributed by atoms with van der Waals surface area (Å²) in [4.78, 5) is 13.6. The molecule has 0 spiro atoms. The van der Waals surface area contributed by atoms with E-state index in [0.717, 1.165) is 35.7 Å². The Morgan fingerprint density at radius 3 is 3.06 bits per heavy atom. The van der Waals surface area contributed by atoms with Crippen molar-refractivity contribution in [1.29, 1.82) is 0 Å². The molecule has 0 aliphatic carbocycles. The van der Waals surface area contributed by atoms with Gasteiger partial charge in [-0.05, 0) is 35.3 Å². The van der Waals surface area contributed by atoms with Gasteiger partial charge in [0.1, 0.15) is 22.4 Å². The molecule has 5 nitrogen and oxygen atoms in total. The maximum Gasteiger partial charge on any atom is 0.148 e. The van der Waals surface area contributed by atoms with Crippen molar-refractivity contribution in [2.75, 3.05) is 43.4 Å². The predicted octanol–water partition coefficient (Wildman–Crippen LogP) is 1.57. The van der Waals surface area contributed by atoms with E-state index < -0.39 is 0 Å². The van der Waals surface area contributed by atoms with Crippen molar-refractivity contribution in [2.24, 2.45) is 0 Å². The highest BCUT2D eigenvalue weighted by molar-refractivity contribution is 9.10. The number of aromatic nitrogens is 2. The fourth-order valence-electron chi connectivity index (χ4n) is 2.94. The van der Waals surface area contributed by atoms with Gasteiger partial charge in [0, 0.05) is 32.7 Å². The third-order valence-corrected chi connectivity index (χ3v) is 4.62. The number of halogens is 1. The van der Waals surface area contributed by atoms with Gasteiger partial charge in [-0.15, -0.1) is 0 Å². The van der Waals surface area contributed by atoms with Crippen molar-refractivity contribution in [3.63, 3.8) is 0 Å². The van der Waals surface area contributed by atoms with Gasteiger partial charge < -0.3 is 10.2 Å². The zero-order valence-electron chi connectivity index (χ0n) is 10.6. The van der Waals surface area contributed by atoms with Crippen LogP contribution in [-0.4, -0.2) is 54.1 Å². The van der Waals surface area contributed by atoms with Crippen molar-refractivity contribution in [1.82, 2.24) is 14.9 Å². The van der Waals surface area contributed by atoms with Crippen LogP contribution >= 0.6 is 15.9 Å². The summed E-state index contributed by atoms with van der Waals surface area (Å²) in [5, 5.41) is 3.09. The number of rotatable bonds is 2. The fourth-order valence-corrected chi connectivity index (χ4v) is 3.59. The predicted molar refractivity (Wildman–Crippen MR) is 76.1 cm³/mol. The molecule has 1 N–H and O–H groups in total. The second kappa shape index (κ2) is 5.01. The van der Waals surface area contributed by atoms with E-state index in [1.807, 2.05) is 7.05 Å². The molecule has 1 aromatic heterocycles. The minimum atomic E-state index is 0.707. The Kier molecular flexibility index (Phi) is 3.39. The molecule has 3 rings (SSSR count). The van der Waals surface area contributed by atoms with Crippen molar-refractivity contribution in [3.05, 3.63) is 10.8 Å². The summed E-state index contributed by atoms with van der Waals surface area (Å²) in [6.45, 7) is 4.55. The molecule has 2 fully saturated rings. The average Bonchev–Trinajstić information content (AvgIpc) is 2.86. The lowest BCUT2D eigenvalue weighted by Crippen LogP contribution is -2.50. The smallest absolute Gasteiger partial charge is 0.148 e. The minimum absolute atomic E-state index is 0.707. The van der Waals surface area contributed by atoms with Gasteiger partial charge in [0.15, 0.2) is 0 Å². The molecule has 1 atom stereocenters. The minimum Gasteiger partial charge on any atom is -0.372 e. The second-order valence-electron chi connectivity index (χ2n) is 4.89. The molecule has 18 heavy (non-hydrogen) atoms. The van der Waals surface area contributed by atoms with E-state index in [1.54, 1.807) is 6.33 Å². The Hall–Kier alpha value is -0.880. The summed E-state index contributed by atoms with van der Waals surface area (Å²) in [7, 11) is 1.88. The van der Waals surface area contributed by atoms with Gasteiger partial charge in [0.25, 0.3) is 0 Å². The molecule has 2 saturated heterocycles. The summed E-state index contributed by atoms with van der Waals surface area (Å²) in [6.07, 6.45) is 4.29. The van der Waals surface area contributed by atoms with Gasteiger partial charge in [-0.1, -0.05) is 0 Å². The fraction of sp³-hybridized carbons (Fsp3) is 0.667. The van der Waals surface area contributed by atoms with Gasteiger partial charge in [-0.2, -0.15) is 0 Å². The van der Waals surface area contributed by atoms with Crippen LogP contribution in [0.3, 0.4) is 0 Å². The number of nitrogens with zero attached hydrogens (tertiary/aromatic N) is 4. The zero-order valence-corrected chi connectivity index (χ0v) is 12.2. The molecule has 1 aromatic rings. The highest BCUT2D eigenvalue weighted by Gasteiger charge is 2.31. The molecule has 6 heteroatoms. The number of fused-ring (bicyclic) bond motifs is 1. The lowest BCUT2D eigenvalue weighted by atomic mass is 10.1. The molecule has 98 valence electrons. The molecule has 2 aliphatic rings. The van der Waals surface area contributed by atoms with Crippen LogP contribution in [0.5, 0.6) is 0 Å². The third kappa shape index (κ3) is 2.07. The lowest BCUT2D eigenvalue weighted by molar-refractivity contribution is 0.230. The maximum atomic E-state index is 4.43. The molecule has 0 radical (unpaired) electrons. The summed E-state index contributed by atoms with van der Waals surface area (Å²) in [5.41, 5.74) is 0. The normalized spacial score (nSPS) is 24.1. The average molecular weight is 312 g/mol. The SMILES string of the molecule is CNc1ncnc(N2CCN3CCCC3C2)c1Br. The number of hydrogen-bond donors (Lipinski definition) is 1. The molecule has 2 aliphatic heterocycles. The number of hydrogen-bond acceptors (Lipinski definition) is 5. The Labute approximate surface area is 116 Å². The lowest BCUT2D eigenvalue weighted by Gasteiger charge is -2.38. The highest BCUT2D eigenvalue weighted by atomic mass is 79.9. The zero-order chi connectivity index (χ0) is 12.5. The van der Waals surface area contributed by atoms with E-state index in [2.05, 4.69) is 41.0 Å². The summed E-state index contributed by atoms with van der Waals surface area (Å²) in [5.74, 6) is 1.87.